The van der Waals surface area contributed by atoms with Crippen molar-refractivity contribution in [3.63, 3.8) is 0 Å². The van der Waals surface area contributed by atoms with Crippen LogP contribution in [0.5, 0.6) is 11.5 Å². The standard InChI is InChI=1S/C21H28O3/c1-6-23-19-11-7-17(8-12-19)21(3,4)18-9-13-20(14-10-18)24-15-16(2)22-5/h7-14,16H,6,15H2,1-5H3. The van der Waals surface area contributed by atoms with Gasteiger partial charge in [0.05, 0.1) is 12.7 Å². The molecule has 0 N–H and O–H groups in total. The van der Waals surface area contributed by atoms with E-state index < -0.39 is 0 Å². The molecular formula is C21H28O3. The summed E-state index contributed by atoms with van der Waals surface area (Å²) in [5.41, 5.74) is 2.43. The van der Waals surface area contributed by atoms with Crippen molar-refractivity contribution in [2.24, 2.45) is 0 Å². The molecular weight excluding hydrogens is 300 g/mol. The first-order valence-electron chi connectivity index (χ1n) is 8.46. The number of methoxy groups -OCH3 is 1. The van der Waals surface area contributed by atoms with Gasteiger partial charge in [-0.15, -0.1) is 0 Å². The van der Waals surface area contributed by atoms with Crippen LogP contribution in [0, 0.1) is 0 Å². The van der Waals surface area contributed by atoms with Gasteiger partial charge in [-0.2, -0.15) is 0 Å². The molecule has 3 heteroatoms. The Morgan fingerprint density at radius 3 is 1.71 bits per heavy atom. The van der Waals surface area contributed by atoms with E-state index in [1.165, 1.54) is 11.1 Å². The lowest BCUT2D eigenvalue weighted by molar-refractivity contribution is 0.0716. The second-order valence-electron chi connectivity index (χ2n) is 6.46. The predicted octanol–water partition coefficient (Wildman–Crippen LogP) is 4.82. The minimum absolute atomic E-state index is 0.0803. The van der Waals surface area contributed by atoms with Gasteiger partial charge in [0.15, 0.2) is 0 Å². The number of benzene rings is 2. The van der Waals surface area contributed by atoms with Crippen molar-refractivity contribution in [1.29, 1.82) is 0 Å². The monoisotopic (exact) mass is 328 g/mol. The highest BCUT2D eigenvalue weighted by Crippen LogP contribution is 2.33. The molecule has 130 valence electrons. The molecule has 0 aliphatic heterocycles. The van der Waals surface area contributed by atoms with Crippen molar-refractivity contribution in [3.05, 3.63) is 59.7 Å². The fourth-order valence-corrected chi connectivity index (χ4v) is 2.55. The average molecular weight is 328 g/mol. The van der Waals surface area contributed by atoms with E-state index in [0.29, 0.717) is 13.2 Å². The van der Waals surface area contributed by atoms with Gasteiger partial charge in [-0.3, -0.25) is 0 Å². The topological polar surface area (TPSA) is 27.7 Å². The lowest BCUT2D eigenvalue weighted by atomic mass is 9.78. The van der Waals surface area contributed by atoms with Crippen molar-refractivity contribution < 1.29 is 14.2 Å². The maximum absolute atomic E-state index is 5.73. The fraction of sp³-hybridized carbons (Fsp3) is 0.429. The molecule has 1 unspecified atom stereocenters. The number of hydrogen-bond donors (Lipinski definition) is 0. The van der Waals surface area contributed by atoms with Crippen molar-refractivity contribution in [2.75, 3.05) is 20.3 Å². The Labute approximate surface area is 145 Å². The molecule has 2 aromatic rings. The van der Waals surface area contributed by atoms with Crippen LogP contribution in [0.2, 0.25) is 0 Å². The van der Waals surface area contributed by atoms with Crippen LogP contribution < -0.4 is 9.47 Å². The molecule has 0 amide bonds. The van der Waals surface area contributed by atoms with Crippen LogP contribution in [0.1, 0.15) is 38.8 Å². The van der Waals surface area contributed by atoms with E-state index in [1.54, 1.807) is 7.11 Å². The molecule has 0 spiro atoms. The molecule has 0 saturated carbocycles. The number of hydrogen-bond acceptors (Lipinski definition) is 3. The van der Waals surface area contributed by atoms with Gasteiger partial charge in [0.2, 0.25) is 0 Å². The molecule has 2 aromatic carbocycles. The number of rotatable bonds is 8. The molecule has 0 aliphatic carbocycles. The van der Waals surface area contributed by atoms with Crippen LogP contribution in [0.25, 0.3) is 0 Å². The summed E-state index contributed by atoms with van der Waals surface area (Å²) >= 11 is 0. The van der Waals surface area contributed by atoms with E-state index in [-0.39, 0.29) is 11.5 Å². The van der Waals surface area contributed by atoms with Crippen molar-refractivity contribution >= 4 is 0 Å². The van der Waals surface area contributed by atoms with Gasteiger partial charge in [-0.05, 0) is 49.2 Å². The van der Waals surface area contributed by atoms with Gasteiger partial charge >= 0.3 is 0 Å². The van der Waals surface area contributed by atoms with E-state index in [9.17, 15) is 0 Å². The molecule has 0 saturated heterocycles. The molecule has 0 radical (unpaired) electrons. The lowest BCUT2D eigenvalue weighted by Gasteiger charge is -2.26. The SMILES string of the molecule is CCOc1ccc(C(C)(C)c2ccc(OCC(C)OC)cc2)cc1. The summed E-state index contributed by atoms with van der Waals surface area (Å²) in [6, 6.07) is 16.6. The maximum atomic E-state index is 5.73. The van der Waals surface area contributed by atoms with Gasteiger partial charge < -0.3 is 14.2 Å². The molecule has 24 heavy (non-hydrogen) atoms. The summed E-state index contributed by atoms with van der Waals surface area (Å²) in [6.07, 6.45) is 0.0879. The minimum atomic E-state index is -0.0803. The summed E-state index contributed by atoms with van der Waals surface area (Å²) < 4.78 is 16.5. The van der Waals surface area contributed by atoms with Gasteiger partial charge in [0.1, 0.15) is 18.1 Å². The summed E-state index contributed by atoms with van der Waals surface area (Å²) in [5, 5.41) is 0. The third kappa shape index (κ3) is 4.51. The number of ether oxygens (including phenoxy) is 3. The molecule has 3 nitrogen and oxygen atoms in total. The Morgan fingerprint density at radius 2 is 1.29 bits per heavy atom. The highest BCUT2D eigenvalue weighted by Gasteiger charge is 2.23. The van der Waals surface area contributed by atoms with Gasteiger partial charge in [0.25, 0.3) is 0 Å². The van der Waals surface area contributed by atoms with Crippen LogP contribution in [-0.4, -0.2) is 26.4 Å². The van der Waals surface area contributed by atoms with E-state index in [2.05, 4.69) is 38.1 Å². The Bertz CT molecular complexity index is 615. The van der Waals surface area contributed by atoms with E-state index in [1.807, 2.05) is 38.1 Å². The third-order valence-electron chi connectivity index (χ3n) is 4.35. The van der Waals surface area contributed by atoms with Gasteiger partial charge in [-0.1, -0.05) is 38.1 Å². The Kier molecular flexibility index (Phi) is 6.27. The predicted molar refractivity (Wildman–Crippen MR) is 98.1 cm³/mol. The second-order valence-corrected chi connectivity index (χ2v) is 6.46. The second kappa shape index (κ2) is 8.20. The summed E-state index contributed by atoms with van der Waals surface area (Å²) in [4.78, 5) is 0. The highest BCUT2D eigenvalue weighted by atomic mass is 16.5. The van der Waals surface area contributed by atoms with Crippen LogP contribution in [0.15, 0.2) is 48.5 Å². The Hall–Kier alpha value is -2.00. The summed E-state index contributed by atoms with van der Waals surface area (Å²) in [7, 11) is 1.69. The van der Waals surface area contributed by atoms with Gasteiger partial charge in [0, 0.05) is 12.5 Å². The zero-order valence-corrected chi connectivity index (χ0v) is 15.3. The quantitative estimate of drug-likeness (QED) is 0.695. The summed E-state index contributed by atoms with van der Waals surface area (Å²) in [5.74, 6) is 1.78. The Balaban J connectivity index is 2.10. The van der Waals surface area contributed by atoms with E-state index in [4.69, 9.17) is 14.2 Å². The molecule has 0 heterocycles. The average Bonchev–Trinajstić information content (AvgIpc) is 2.60. The molecule has 0 bridgehead atoms. The third-order valence-corrected chi connectivity index (χ3v) is 4.35. The highest BCUT2D eigenvalue weighted by molar-refractivity contribution is 5.41. The van der Waals surface area contributed by atoms with Crippen LogP contribution >= 0.6 is 0 Å². The summed E-state index contributed by atoms with van der Waals surface area (Å²) in [6.45, 7) is 9.68. The van der Waals surface area contributed by atoms with Crippen molar-refractivity contribution in [2.45, 2.75) is 39.2 Å². The zero-order valence-electron chi connectivity index (χ0n) is 15.3. The lowest BCUT2D eigenvalue weighted by Crippen LogP contribution is -2.19. The smallest absolute Gasteiger partial charge is 0.119 e. The van der Waals surface area contributed by atoms with Crippen molar-refractivity contribution in [3.8, 4) is 11.5 Å². The molecule has 0 aliphatic rings. The largest absolute Gasteiger partial charge is 0.494 e. The van der Waals surface area contributed by atoms with E-state index >= 15 is 0 Å². The van der Waals surface area contributed by atoms with Crippen LogP contribution in [0.3, 0.4) is 0 Å². The minimum Gasteiger partial charge on any atom is -0.494 e. The van der Waals surface area contributed by atoms with Crippen LogP contribution in [-0.2, 0) is 10.2 Å². The Morgan fingerprint density at radius 1 is 0.833 bits per heavy atom. The molecule has 0 fully saturated rings. The van der Waals surface area contributed by atoms with Gasteiger partial charge in [-0.25, -0.2) is 0 Å². The first-order valence-corrected chi connectivity index (χ1v) is 8.46. The van der Waals surface area contributed by atoms with Crippen molar-refractivity contribution in [1.82, 2.24) is 0 Å². The zero-order chi connectivity index (χ0) is 17.6. The maximum Gasteiger partial charge on any atom is 0.119 e. The fourth-order valence-electron chi connectivity index (χ4n) is 2.55. The molecule has 2 rings (SSSR count). The first kappa shape index (κ1) is 18.3. The van der Waals surface area contributed by atoms with E-state index in [0.717, 1.165) is 11.5 Å². The first-order chi connectivity index (χ1) is 11.5. The molecule has 0 aromatic heterocycles. The van der Waals surface area contributed by atoms with Crippen LogP contribution in [0.4, 0.5) is 0 Å². The molecule has 1 atom stereocenters. The normalized spacial score (nSPS) is 12.7.